The third-order valence-corrected chi connectivity index (χ3v) is 4.26. The van der Waals surface area contributed by atoms with Crippen molar-refractivity contribution in [3.63, 3.8) is 0 Å². The molecule has 1 N–H and O–H groups in total. The summed E-state index contributed by atoms with van der Waals surface area (Å²) in [6, 6.07) is 7.07. The second-order valence-electron chi connectivity index (χ2n) is 5.05. The lowest BCUT2D eigenvalue weighted by atomic mass is 10.0. The standard InChI is InChI=1S/C16H11Cl2FN2O3/c1-24-9-4-2-8(3-5-9)21-14(15(22)20-16(21)23)10-6-13(19)12(18)7-11(10)17/h2-7,14H,1H3,(H,20,22,23). The van der Waals surface area contributed by atoms with Crippen molar-refractivity contribution < 1.29 is 18.7 Å². The molecule has 1 saturated heterocycles. The monoisotopic (exact) mass is 368 g/mol. The first-order valence-electron chi connectivity index (χ1n) is 6.85. The number of hydrogen-bond acceptors (Lipinski definition) is 3. The number of nitrogens with one attached hydrogen (secondary N) is 1. The lowest BCUT2D eigenvalue weighted by molar-refractivity contribution is -0.119. The molecule has 8 heteroatoms. The predicted molar refractivity (Wildman–Crippen MR) is 88.2 cm³/mol. The van der Waals surface area contributed by atoms with Crippen LogP contribution in [0.2, 0.25) is 10.0 Å². The Morgan fingerprint density at radius 3 is 2.42 bits per heavy atom. The van der Waals surface area contributed by atoms with Crippen LogP contribution in [-0.4, -0.2) is 19.0 Å². The van der Waals surface area contributed by atoms with Crippen molar-refractivity contribution in [2.45, 2.75) is 6.04 Å². The fourth-order valence-electron chi connectivity index (χ4n) is 2.51. The molecule has 0 aromatic heterocycles. The Morgan fingerprint density at radius 2 is 1.79 bits per heavy atom. The number of imide groups is 1. The first-order chi connectivity index (χ1) is 11.4. The van der Waals surface area contributed by atoms with E-state index in [1.165, 1.54) is 18.1 Å². The molecule has 1 heterocycles. The van der Waals surface area contributed by atoms with Crippen LogP contribution in [0.4, 0.5) is 14.9 Å². The number of ether oxygens (including phenoxy) is 1. The number of nitrogens with zero attached hydrogens (tertiary/aromatic N) is 1. The van der Waals surface area contributed by atoms with Crippen molar-refractivity contribution in [3.05, 3.63) is 57.8 Å². The molecule has 1 atom stereocenters. The van der Waals surface area contributed by atoms with Crippen LogP contribution in [0.25, 0.3) is 0 Å². The van der Waals surface area contributed by atoms with Crippen molar-refractivity contribution in [2.24, 2.45) is 0 Å². The van der Waals surface area contributed by atoms with Gasteiger partial charge < -0.3 is 4.74 Å². The van der Waals surface area contributed by atoms with E-state index < -0.39 is 23.8 Å². The third kappa shape index (κ3) is 2.79. The van der Waals surface area contributed by atoms with E-state index in [2.05, 4.69) is 5.32 Å². The van der Waals surface area contributed by atoms with Crippen LogP contribution >= 0.6 is 23.2 Å². The van der Waals surface area contributed by atoms with Gasteiger partial charge >= 0.3 is 6.03 Å². The summed E-state index contributed by atoms with van der Waals surface area (Å²) in [5, 5.41) is 2.14. The van der Waals surface area contributed by atoms with Crippen molar-refractivity contribution in [3.8, 4) is 5.75 Å². The van der Waals surface area contributed by atoms with E-state index in [0.717, 1.165) is 6.07 Å². The van der Waals surface area contributed by atoms with E-state index in [1.54, 1.807) is 24.3 Å². The van der Waals surface area contributed by atoms with Gasteiger partial charge in [-0.2, -0.15) is 0 Å². The van der Waals surface area contributed by atoms with Gasteiger partial charge in [0.2, 0.25) is 0 Å². The molecular formula is C16H11Cl2FN2O3. The topological polar surface area (TPSA) is 58.6 Å². The maximum atomic E-state index is 13.8. The minimum absolute atomic E-state index is 0.0924. The molecule has 0 bridgehead atoms. The highest BCUT2D eigenvalue weighted by Gasteiger charge is 2.41. The Bertz CT molecular complexity index is 827. The van der Waals surface area contributed by atoms with E-state index in [4.69, 9.17) is 27.9 Å². The fourth-order valence-corrected chi connectivity index (χ4v) is 2.99. The number of hydrogen-bond donors (Lipinski definition) is 1. The van der Waals surface area contributed by atoms with Gasteiger partial charge in [0.25, 0.3) is 5.91 Å². The molecule has 5 nitrogen and oxygen atoms in total. The van der Waals surface area contributed by atoms with Gasteiger partial charge in [-0.3, -0.25) is 15.0 Å². The summed E-state index contributed by atoms with van der Waals surface area (Å²) in [4.78, 5) is 25.6. The Kier molecular flexibility index (Phi) is 4.34. The number of benzene rings is 2. The molecule has 2 aromatic rings. The highest BCUT2D eigenvalue weighted by Crippen LogP contribution is 2.37. The lowest BCUT2D eigenvalue weighted by Crippen LogP contribution is -2.29. The number of urea groups is 1. The Morgan fingerprint density at radius 1 is 1.12 bits per heavy atom. The second kappa shape index (κ2) is 6.30. The Hall–Kier alpha value is -2.31. The van der Waals surface area contributed by atoms with E-state index >= 15 is 0 Å². The fraction of sp³-hybridized carbons (Fsp3) is 0.125. The maximum absolute atomic E-state index is 13.8. The van der Waals surface area contributed by atoms with Gasteiger partial charge in [0.15, 0.2) is 0 Å². The normalized spacial score (nSPS) is 17.2. The van der Waals surface area contributed by atoms with Crippen molar-refractivity contribution in [1.82, 2.24) is 5.32 Å². The molecule has 0 radical (unpaired) electrons. The summed E-state index contributed by atoms with van der Waals surface area (Å²) in [5.74, 6) is -0.728. The number of amides is 3. The average molecular weight is 369 g/mol. The van der Waals surface area contributed by atoms with Crippen molar-refractivity contribution in [2.75, 3.05) is 12.0 Å². The highest BCUT2D eigenvalue weighted by atomic mass is 35.5. The number of rotatable bonds is 3. The van der Waals surface area contributed by atoms with Gasteiger partial charge in [0, 0.05) is 16.3 Å². The van der Waals surface area contributed by atoms with Gasteiger partial charge in [-0.1, -0.05) is 23.2 Å². The van der Waals surface area contributed by atoms with Crippen LogP contribution in [-0.2, 0) is 4.79 Å². The molecule has 2 aromatic carbocycles. The quantitative estimate of drug-likeness (QED) is 0.659. The summed E-state index contributed by atoms with van der Waals surface area (Å²) in [5.41, 5.74) is 0.591. The molecule has 0 aliphatic carbocycles. The van der Waals surface area contributed by atoms with Crippen LogP contribution < -0.4 is 15.0 Å². The summed E-state index contributed by atoms with van der Waals surface area (Å²) < 4.78 is 18.9. The summed E-state index contributed by atoms with van der Waals surface area (Å²) in [6.07, 6.45) is 0. The highest BCUT2D eigenvalue weighted by molar-refractivity contribution is 6.35. The molecule has 1 aliphatic rings. The number of anilines is 1. The maximum Gasteiger partial charge on any atom is 0.329 e. The molecule has 1 fully saturated rings. The van der Waals surface area contributed by atoms with Gasteiger partial charge in [0.05, 0.1) is 12.1 Å². The molecule has 0 spiro atoms. The van der Waals surface area contributed by atoms with Crippen LogP contribution in [0.1, 0.15) is 11.6 Å². The summed E-state index contributed by atoms with van der Waals surface area (Å²) >= 11 is 11.8. The molecule has 24 heavy (non-hydrogen) atoms. The van der Waals surface area contributed by atoms with Gasteiger partial charge in [-0.05, 0) is 36.4 Å². The van der Waals surface area contributed by atoms with Crippen LogP contribution in [0.15, 0.2) is 36.4 Å². The zero-order valence-electron chi connectivity index (χ0n) is 12.3. The molecular weight excluding hydrogens is 358 g/mol. The first-order valence-corrected chi connectivity index (χ1v) is 7.60. The number of carbonyl (C=O) groups is 2. The molecule has 1 aliphatic heterocycles. The first kappa shape index (κ1) is 16.5. The third-order valence-electron chi connectivity index (χ3n) is 3.64. The summed E-state index contributed by atoms with van der Waals surface area (Å²) in [7, 11) is 1.51. The molecule has 3 amide bonds. The van der Waals surface area contributed by atoms with Gasteiger partial charge in [-0.15, -0.1) is 0 Å². The lowest BCUT2D eigenvalue weighted by Gasteiger charge is -2.23. The van der Waals surface area contributed by atoms with E-state index in [1.807, 2.05) is 0 Å². The summed E-state index contributed by atoms with van der Waals surface area (Å²) in [6.45, 7) is 0. The van der Waals surface area contributed by atoms with E-state index in [-0.39, 0.29) is 15.6 Å². The van der Waals surface area contributed by atoms with Gasteiger partial charge in [-0.25, -0.2) is 9.18 Å². The minimum atomic E-state index is -1.09. The largest absolute Gasteiger partial charge is 0.497 e. The molecule has 124 valence electrons. The van der Waals surface area contributed by atoms with Crippen LogP contribution in [0.5, 0.6) is 5.75 Å². The van der Waals surface area contributed by atoms with E-state index in [9.17, 15) is 14.0 Å². The van der Waals surface area contributed by atoms with Crippen LogP contribution in [0.3, 0.4) is 0 Å². The second-order valence-corrected chi connectivity index (χ2v) is 5.87. The van der Waals surface area contributed by atoms with Gasteiger partial charge in [0.1, 0.15) is 17.6 Å². The minimum Gasteiger partial charge on any atom is -0.497 e. The smallest absolute Gasteiger partial charge is 0.329 e. The van der Waals surface area contributed by atoms with Crippen molar-refractivity contribution >= 4 is 40.8 Å². The number of methoxy groups -OCH3 is 1. The Balaban J connectivity index is 2.08. The average Bonchev–Trinajstić information content (AvgIpc) is 2.85. The molecule has 0 saturated carbocycles. The molecule has 1 unspecified atom stereocenters. The SMILES string of the molecule is COc1ccc(N2C(=O)NC(=O)C2c2cc(F)c(Cl)cc2Cl)cc1. The van der Waals surface area contributed by atoms with Crippen LogP contribution in [0, 0.1) is 5.82 Å². The van der Waals surface area contributed by atoms with E-state index in [0.29, 0.717) is 11.4 Å². The van der Waals surface area contributed by atoms with Crippen molar-refractivity contribution in [1.29, 1.82) is 0 Å². The number of carbonyl (C=O) groups excluding carboxylic acids is 2. The Labute approximate surface area is 146 Å². The zero-order valence-corrected chi connectivity index (χ0v) is 13.9. The molecule has 3 rings (SSSR count). The zero-order chi connectivity index (χ0) is 17.4. The predicted octanol–water partition coefficient (Wildman–Crippen LogP) is 3.94. The number of halogens is 3.